The molecule has 41 heavy (non-hydrogen) atoms. The first-order chi connectivity index (χ1) is 19.2. The van der Waals surface area contributed by atoms with Gasteiger partial charge in [0.25, 0.3) is 21.6 Å². The van der Waals surface area contributed by atoms with Gasteiger partial charge in [-0.2, -0.15) is 4.31 Å². The molecule has 12 nitrogen and oxygen atoms in total. The van der Waals surface area contributed by atoms with Crippen molar-refractivity contribution in [1.82, 2.24) is 9.21 Å². The summed E-state index contributed by atoms with van der Waals surface area (Å²) >= 11 is 0. The minimum Gasteiger partial charge on any atom is -0.458 e. The SMILES string of the molecule is COC[C@H]1C(=O)N([C@@H](Cc2ccc3c(c2)CCC3)C(=O)OC(C)(C)C)C(=O)CN1S(=O)(=O)c1ccccc1[N+](=O)[O-]. The van der Waals surface area contributed by atoms with Gasteiger partial charge in [-0.25, -0.2) is 13.2 Å². The molecule has 2 atom stereocenters. The van der Waals surface area contributed by atoms with Gasteiger partial charge in [0, 0.05) is 19.6 Å². The summed E-state index contributed by atoms with van der Waals surface area (Å²) in [6.07, 6.45) is 2.82. The Morgan fingerprint density at radius 3 is 2.46 bits per heavy atom. The molecule has 2 aromatic rings. The Labute approximate surface area is 238 Å². The number of nitro groups is 1. The van der Waals surface area contributed by atoms with Gasteiger partial charge in [-0.05, 0) is 62.8 Å². The van der Waals surface area contributed by atoms with E-state index in [2.05, 4.69) is 0 Å². The van der Waals surface area contributed by atoms with Crippen LogP contribution in [0.25, 0.3) is 0 Å². The van der Waals surface area contributed by atoms with Crippen molar-refractivity contribution in [2.75, 3.05) is 20.3 Å². The van der Waals surface area contributed by atoms with E-state index in [1.165, 1.54) is 24.8 Å². The van der Waals surface area contributed by atoms with Gasteiger partial charge in [0.15, 0.2) is 4.90 Å². The molecule has 2 amide bonds. The van der Waals surface area contributed by atoms with E-state index in [0.29, 0.717) is 4.31 Å². The van der Waals surface area contributed by atoms with Gasteiger partial charge < -0.3 is 9.47 Å². The molecule has 0 unspecified atom stereocenters. The van der Waals surface area contributed by atoms with Crippen molar-refractivity contribution in [2.24, 2.45) is 0 Å². The average Bonchev–Trinajstić information content (AvgIpc) is 3.36. The van der Waals surface area contributed by atoms with E-state index in [1.807, 2.05) is 18.2 Å². The lowest BCUT2D eigenvalue weighted by molar-refractivity contribution is -0.387. The van der Waals surface area contributed by atoms with Crippen LogP contribution in [0.15, 0.2) is 47.4 Å². The summed E-state index contributed by atoms with van der Waals surface area (Å²) in [6.45, 7) is 3.68. The molecule has 0 spiro atoms. The number of esters is 1. The Morgan fingerprint density at radius 2 is 1.80 bits per heavy atom. The topological polar surface area (TPSA) is 153 Å². The van der Waals surface area contributed by atoms with Crippen molar-refractivity contribution in [1.29, 1.82) is 0 Å². The van der Waals surface area contributed by atoms with Crippen LogP contribution in [0.4, 0.5) is 5.69 Å². The third-order valence-electron chi connectivity index (χ3n) is 6.99. The van der Waals surface area contributed by atoms with Crippen molar-refractivity contribution in [3.05, 3.63) is 69.3 Å². The van der Waals surface area contributed by atoms with Crippen molar-refractivity contribution >= 4 is 33.5 Å². The minimum atomic E-state index is -4.71. The molecule has 0 radical (unpaired) electrons. The molecule has 1 aliphatic carbocycles. The van der Waals surface area contributed by atoms with E-state index in [1.54, 1.807) is 20.8 Å². The number of hydrogen-bond donors (Lipinski definition) is 0. The number of amides is 2. The van der Waals surface area contributed by atoms with Gasteiger partial charge in [-0.1, -0.05) is 30.3 Å². The molecule has 1 saturated heterocycles. The molecular weight excluding hydrogens is 554 g/mol. The van der Waals surface area contributed by atoms with Crippen LogP contribution in [0.2, 0.25) is 0 Å². The number of aryl methyl sites for hydroxylation is 2. The minimum absolute atomic E-state index is 0.0315. The monoisotopic (exact) mass is 587 g/mol. The number of benzene rings is 2. The first-order valence-electron chi connectivity index (χ1n) is 13.2. The van der Waals surface area contributed by atoms with E-state index < -0.39 is 74.1 Å². The van der Waals surface area contributed by atoms with E-state index in [4.69, 9.17) is 9.47 Å². The van der Waals surface area contributed by atoms with Crippen LogP contribution in [-0.2, 0) is 53.1 Å². The molecule has 1 aliphatic heterocycles. The second-order valence-electron chi connectivity index (χ2n) is 11.1. The maximum Gasteiger partial charge on any atom is 0.330 e. The zero-order valence-electron chi connectivity index (χ0n) is 23.4. The largest absolute Gasteiger partial charge is 0.458 e. The summed E-state index contributed by atoms with van der Waals surface area (Å²) in [5.74, 6) is -2.75. The summed E-state index contributed by atoms with van der Waals surface area (Å²) in [5.41, 5.74) is 1.45. The Bertz CT molecular complexity index is 1480. The van der Waals surface area contributed by atoms with Crippen molar-refractivity contribution in [3.63, 3.8) is 0 Å². The molecule has 1 fully saturated rings. The van der Waals surface area contributed by atoms with Crippen molar-refractivity contribution < 1.29 is 37.2 Å². The van der Waals surface area contributed by atoms with Gasteiger partial charge in [-0.3, -0.25) is 24.6 Å². The fraction of sp³-hybridized carbons (Fsp3) is 0.464. The van der Waals surface area contributed by atoms with Gasteiger partial charge in [0.1, 0.15) is 17.7 Å². The smallest absolute Gasteiger partial charge is 0.330 e. The van der Waals surface area contributed by atoms with Crippen molar-refractivity contribution in [3.8, 4) is 0 Å². The number of hydrogen-bond acceptors (Lipinski definition) is 9. The van der Waals surface area contributed by atoms with Crippen LogP contribution >= 0.6 is 0 Å². The number of sulfonamides is 1. The number of nitrogens with zero attached hydrogens (tertiary/aromatic N) is 3. The summed E-state index contributed by atoms with van der Waals surface area (Å²) in [6, 6.07) is 7.51. The normalized spacial score (nSPS) is 18.7. The highest BCUT2D eigenvalue weighted by Gasteiger charge is 2.51. The number of methoxy groups -OCH3 is 1. The lowest BCUT2D eigenvalue weighted by atomic mass is 9.98. The van der Waals surface area contributed by atoms with Gasteiger partial charge in [0.2, 0.25) is 5.91 Å². The van der Waals surface area contributed by atoms with Crippen LogP contribution in [-0.4, -0.2) is 78.3 Å². The summed E-state index contributed by atoms with van der Waals surface area (Å²) < 4.78 is 38.6. The fourth-order valence-electron chi connectivity index (χ4n) is 5.20. The van der Waals surface area contributed by atoms with Crippen LogP contribution in [0.3, 0.4) is 0 Å². The second kappa shape index (κ2) is 11.7. The molecule has 2 aromatic carbocycles. The number of fused-ring (bicyclic) bond motifs is 1. The van der Waals surface area contributed by atoms with Crippen LogP contribution in [0.1, 0.15) is 43.9 Å². The zero-order chi connectivity index (χ0) is 30.1. The molecule has 1 heterocycles. The van der Waals surface area contributed by atoms with E-state index >= 15 is 0 Å². The van der Waals surface area contributed by atoms with Crippen LogP contribution in [0.5, 0.6) is 0 Å². The standard InChI is InChI=1S/C28H33N3O9S/c1-28(2,3)40-27(34)22(15-18-12-13-19-8-7-9-20(19)14-18)30-25(32)16-29(23(17-39-4)26(30)33)41(37,38)24-11-6-5-10-21(24)31(35)36/h5-6,10-14,22-23H,7-9,15-17H2,1-4H3/t22-,23-/m0/s1. The fourth-order valence-corrected chi connectivity index (χ4v) is 6.87. The van der Waals surface area contributed by atoms with E-state index in [0.717, 1.165) is 47.4 Å². The highest BCUT2D eigenvalue weighted by atomic mass is 32.2. The molecular formula is C28H33N3O9S. The Balaban J connectivity index is 1.74. The highest BCUT2D eigenvalue weighted by Crippen LogP contribution is 2.31. The Hall–Kier alpha value is -3.68. The van der Waals surface area contributed by atoms with Crippen LogP contribution in [0, 0.1) is 10.1 Å². The quantitative estimate of drug-likeness (QED) is 0.186. The first-order valence-corrected chi connectivity index (χ1v) is 14.6. The third-order valence-corrected chi connectivity index (χ3v) is 8.89. The number of ether oxygens (including phenoxy) is 2. The maximum absolute atomic E-state index is 13.9. The highest BCUT2D eigenvalue weighted by molar-refractivity contribution is 7.89. The zero-order valence-corrected chi connectivity index (χ0v) is 24.2. The molecule has 0 N–H and O–H groups in total. The number of carbonyl (C=O) groups is 3. The van der Waals surface area contributed by atoms with E-state index in [-0.39, 0.29) is 6.42 Å². The molecule has 0 aromatic heterocycles. The molecule has 4 rings (SSSR count). The van der Waals surface area contributed by atoms with Crippen molar-refractivity contribution in [2.45, 2.75) is 69.0 Å². The van der Waals surface area contributed by atoms with Crippen LogP contribution < -0.4 is 0 Å². The molecule has 0 saturated carbocycles. The molecule has 13 heteroatoms. The van der Waals surface area contributed by atoms with Gasteiger partial charge in [0.05, 0.1) is 18.1 Å². The Morgan fingerprint density at radius 1 is 1.12 bits per heavy atom. The lowest BCUT2D eigenvalue weighted by Gasteiger charge is -2.41. The maximum atomic E-state index is 13.9. The number of nitro benzene ring substituents is 1. The predicted octanol–water partition coefficient (Wildman–Crippen LogP) is 2.41. The van der Waals surface area contributed by atoms with Gasteiger partial charge >= 0.3 is 5.97 Å². The Kier molecular flexibility index (Phi) is 8.62. The number of piperazine rings is 1. The second-order valence-corrected chi connectivity index (χ2v) is 12.9. The van der Waals surface area contributed by atoms with Gasteiger partial charge in [-0.15, -0.1) is 0 Å². The lowest BCUT2D eigenvalue weighted by Crippen LogP contribution is -2.66. The number of para-hydroxylation sites is 1. The summed E-state index contributed by atoms with van der Waals surface area (Å²) in [5, 5.41) is 11.6. The van der Waals surface area contributed by atoms with E-state index in [9.17, 15) is 32.9 Å². The number of imide groups is 1. The number of carbonyl (C=O) groups excluding carboxylic acids is 3. The molecule has 0 bridgehead atoms. The third kappa shape index (κ3) is 6.31. The summed E-state index contributed by atoms with van der Waals surface area (Å²) in [7, 11) is -3.46. The summed E-state index contributed by atoms with van der Waals surface area (Å²) in [4.78, 5) is 51.7. The molecule has 220 valence electrons. The number of rotatable bonds is 9. The average molecular weight is 588 g/mol. The first kappa shape index (κ1) is 30.3. The molecule has 2 aliphatic rings. The predicted molar refractivity (Wildman–Crippen MR) is 146 cm³/mol.